The highest BCUT2D eigenvalue weighted by atomic mass is 16.5. The number of rotatable bonds is 5. The molecule has 2 atom stereocenters. The van der Waals surface area contributed by atoms with E-state index in [1.54, 1.807) is 6.08 Å². The molecule has 128 valence electrons. The number of carbonyl (C=O) groups is 2. The first-order valence-electron chi connectivity index (χ1n) is 8.46. The fraction of sp³-hybridized carbons (Fsp3) is 0.750. The molecule has 0 spiro atoms. The second kappa shape index (κ2) is 8.08. The van der Waals surface area contributed by atoms with Crippen molar-refractivity contribution < 1.29 is 19.3 Å². The molecule has 2 aliphatic rings. The van der Waals surface area contributed by atoms with Gasteiger partial charge < -0.3 is 20.7 Å². The molecule has 0 unspecified atom stereocenters. The van der Waals surface area contributed by atoms with Crippen LogP contribution >= 0.6 is 0 Å². The summed E-state index contributed by atoms with van der Waals surface area (Å²) >= 11 is 0. The van der Waals surface area contributed by atoms with Gasteiger partial charge >= 0.3 is 7.12 Å². The third-order valence-electron chi connectivity index (χ3n) is 4.60. The van der Waals surface area contributed by atoms with Crippen LogP contribution < -0.4 is 11.1 Å². The lowest BCUT2D eigenvalue weighted by Crippen LogP contribution is -2.52. The topological polar surface area (TPSA) is 102 Å². The van der Waals surface area contributed by atoms with Crippen LogP contribution in [0.2, 0.25) is 0 Å². The molecule has 1 aliphatic carbocycles. The zero-order valence-corrected chi connectivity index (χ0v) is 13.8. The molecule has 4 N–H and O–H groups in total. The van der Waals surface area contributed by atoms with Gasteiger partial charge in [0.05, 0.1) is 12.0 Å². The van der Waals surface area contributed by atoms with E-state index < -0.39 is 24.7 Å². The van der Waals surface area contributed by atoms with E-state index in [1.807, 2.05) is 6.08 Å². The first kappa shape index (κ1) is 18.2. The van der Waals surface area contributed by atoms with Gasteiger partial charge in [0, 0.05) is 18.4 Å². The second-order valence-corrected chi connectivity index (χ2v) is 6.91. The molecule has 2 rings (SSSR count). The van der Waals surface area contributed by atoms with Crippen LogP contribution in [0.3, 0.4) is 0 Å². The minimum Gasteiger partial charge on any atom is -0.426 e. The van der Waals surface area contributed by atoms with E-state index >= 15 is 0 Å². The molecular formula is C16H27BN2O4. The molecule has 0 aromatic carbocycles. The van der Waals surface area contributed by atoms with Gasteiger partial charge in [0.1, 0.15) is 5.78 Å². The second-order valence-electron chi connectivity index (χ2n) is 6.91. The molecule has 0 saturated heterocycles. The van der Waals surface area contributed by atoms with Gasteiger partial charge in [-0.15, -0.1) is 0 Å². The number of carbonyl (C=O) groups excluding carboxylic acids is 2. The Kier molecular flexibility index (Phi) is 6.38. The Morgan fingerprint density at radius 3 is 2.74 bits per heavy atom. The lowest BCUT2D eigenvalue weighted by molar-refractivity contribution is -0.123. The predicted octanol–water partition coefficient (Wildman–Crippen LogP) is 0.867. The minimum absolute atomic E-state index is 0.00305. The van der Waals surface area contributed by atoms with Gasteiger partial charge in [-0.05, 0) is 26.2 Å². The van der Waals surface area contributed by atoms with Crippen LogP contribution in [0.5, 0.6) is 0 Å². The molecule has 6 nitrogen and oxygen atoms in total. The van der Waals surface area contributed by atoms with E-state index in [1.165, 1.54) is 13.3 Å². The maximum Gasteiger partial charge on any atom is 0.478 e. The zero-order chi connectivity index (χ0) is 16.9. The lowest BCUT2D eigenvalue weighted by Gasteiger charge is -2.33. The van der Waals surface area contributed by atoms with E-state index in [0.717, 1.165) is 25.7 Å². The van der Waals surface area contributed by atoms with Crippen molar-refractivity contribution in [3.63, 3.8) is 0 Å². The van der Waals surface area contributed by atoms with Gasteiger partial charge in [-0.1, -0.05) is 31.4 Å². The Labute approximate surface area is 138 Å². The van der Waals surface area contributed by atoms with Crippen LogP contribution in [0.1, 0.15) is 58.3 Å². The maximum atomic E-state index is 12.3. The Balaban J connectivity index is 1.85. The van der Waals surface area contributed by atoms with Gasteiger partial charge in [0.15, 0.2) is 0 Å². The zero-order valence-electron chi connectivity index (χ0n) is 13.8. The summed E-state index contributed by atoms with van der Waals surface area (Å²) in [5.74, 6) is -0.667. The summed E-state index contributed by atoms with van der Waals surface area (Å²) in [5, 5.41) is 13.0. The highest BCUT2D eigenvalue weighted by Gasteiger charge is 2.35. The highest BCUT2D eigenvalue weighted by Crippen LogP contribution is 2.28. The quantitative estimate of drug-likeness (QED) is 0.515. The molecule has 0 bridgehead atoms. The number of Topliss-reactive ketones (excluding diaryl/α,β-unsaturated/α-hetero) is 1. The molecule has 1 amide bonds. The molecule has 0 aromatic rings. The molecular weight excluding hydrogens is 295 g/mol. The third kappa shape index (κ3) is 5.75. The number of nitrogens with one attached hydrogen (secondary N) is 1. The number of hydrogen-bond donors (Lipinski definition) is 3. The van der Waals surface area contributed by atoms with Crippen molar-refractivity contribution >= 4 is 18.8 Å². The maximum absolute atomic E-state index is 12.3. The van der Waals surface area contributed by atoms with E-state index in [2.05, 4.69) is 5.32 Å². The monoisotopic (exact) mass is 322 g/mol. The van der Waals surface area contributed by atoms with Gasteiger partial charge in [-0.3, -0.25) is 9.59 Å². The molecule has 0 aromatic heterocycles. The first-order valence-corrected chi connectivity index (χ1v) is 8.46. The van der Waals surface area contributed by atoms with Crippen molar-refractivity contribution in [2.75, 3.05) is 0 Å². The summed E-state index contributed by atoms with van der Waals surface area (Å²) in [6.45, 7) is 1.48. The molecule has 7 heteroatoms. The number of hydrogen-bond acceptors (Lipinski definition) is 5. The van der Waals surface area contributed by atoms with Crippen molar-refractivity contribution in [1.29, 1.82) is 0 Å². The summed E-state index contributed by atoms with van der Waals surface area (Å²) in [5.41, 5.74) is 5.88. The van der Waals surface area contributed by atoms with E-state index in [-0.39, 0.29) is 24.5 Å². The van der Waals surface area contributed by atoms with E-state index in [4.69, 9.17) is 10.4 Å². The largest absolute Gasteiger partial charge is 0.478 e. The van der Waals surface area contributed by atoms with Crippen LogP contribution in [0.4, 0.5) is 0 Å². The molecule has 1 fully saturated rings. The smallest absolute Gasteiger partial charge is 0.426 e. The van der Waals surface area contributed by atoms with Crippen molar-refractivity contribution in [2.24, 2.45) is 5.73 Å². The van der Waals surface area contributed by atoms with Crippen LogP contribution in [0.25, 0.3) is 0 Å². The standard InChI is InChI=1S/C16H27BN2O4/c1-12(20)10-13-6-5-7-14(17(22)23-13)19-15(21)11-16(18)8-3-2-4-9-16/h5-6,13-14,22H,2-4,7-11,18H2,1H3,(H,19,21)/t13-,14+/m1/s1. The van der Waals surface area contributed by atoms with Crippen LogP contribution in [0.15, 0.2) is 12.2 Å². The van der Waals surface area contributed by atoms with Gasteiger partial charge in [0.25, 0.3) is 0 Å². The van der Waals surface area contributed by atoms with Crippen LogP contribution in [-0.4, -0.2) is 41.4 Å². The number of ketones is 1. The summed E-state index contributed by atoms with van der Waals surface area (Å²) in [7, 11) is -1.13. The SMILES string of the molecule is CC(=O)C[C@H]1C=CC[C@H](NC(=O)CC2(N)CCCCC2)B(O)O1. The Hall–Kier alpha value is -1.18. The molecule has 1 aliphatic heterocycles. The van der Waals surface area contributed by atoms with Crippen molar-refractivity contribution in [2.45, 2.75) is 75.9 Å². The van der Waals surface area contributed by atoms with Gasteiger partial charge in [-0.25, -0.2) is 0 Å². The number of nitrogens with two attached hydrogens (primary N) is 1. The Morgan fingerprint density at radius 2 is 2.09 bits per heavy atom. The third-order valence-corrected chi connectivity index (χ3v) is 4.60. The molecule has 23 heavy (non-hydrogen) atoms. The van der Waals surface area contributed by atoms with Crippen molar-refractivity contribution in [3.05, 3.63) is 12.2 Å². The lowest BCUT2D eigenvalue weighted by atomic mass is 9.76. The Morgan fingerprint density at radius 1 is 1.39 bits per heavy atom. The average molecular weight is 322 g/mol. The van der Waals surface area contributed by atoms with Crippen molar-refractivity contribution in [3.8, 4) is 0 Å². The van der Waals surface area contributed by atoms with E-state index in [0.29, 0.717) is 6.42 Å². The normalized spacial score (nSPS) is 27.3. The predicted molar refractivity (Wildman–Crippen MR) is 88.5 cm³/mol. The summed E-state index contributed by atoms with van der Waals surface area (Å²) in [6.07, 6.45) is 9.17. The van der Waals surface area contributed by atoms with E-state index in [9.17, 15) is 14.6 Å². The number of amides is 1. The molecule has 0 radical (unpaired) electrons. The minimum atomic E-state index is -1.13. The highest BCUT2D eigenvalue weighted by molar-refractivity contribution is 6.45. The summed E-state index contributed by atoms with van der Waals surface area (Å²) in [6, 6.07) is 0. The van der Waals surface area contributed by atoms with Gasteiger partial charge in [0.2, 0.25) is 5.91 Å². The van der Waals surface area contributed by atoms with Crippen LogP contribution in [0, 0.1) is 0 Å². The molecule has 1 saturated carbocycles. The average Bonchev–Trinajstić information content (AvgIpc) is 2.60. The Bertz CT molecular complexity index is 463. The fourth-order valence-electron chi connectivity index (χ4n) is 3.35. The summed E-state index contributed by atoms with van der Waals surface area (Å²) in [4.78, 5) is 23.4. The first-order chi connectivity index (χ1) is 10.9. The van der Waals surface area contributed by atoms with Crippen LogP contribution in [-0.2, 0) is 14.2 Å². The van der Waals surface area contributed by atoms with Crippen molar-refractivity contribution in [1.82, 2.24) is 5.32 Å². The summed E-state index contributed by atoms with van der Waals surface area (Å²) < 4.78 is 5.45. The van der Waals surface area contributed by atoms with Gasteiger partial charge in [-0.2, -0.15) is 0 Å². The molecule has 1 heterocycles. The fourth-order valence-corrected chi connectivity index (χ4v) is 3.35.